The molecule has 1 aliphatic carbocycles. The van der Waals surface area contributed by atoms with Gasteiger partial charge in [0.15, 0.2) is 0 Å². The number of nitrogens with zero attached hydrogens (tertiary/aromatic N) is 1. The van der Waals surface area contributed by atoms with Crippen LogP contribution < -0.4 is 10.9 Å². The van der Waals surface area contributed by atoms with Crippen molar-refractivity contribution in [2.45, 2.75) is 58.3 Å². The van der Waals surface area contributed by atoms with E-state index in [1.807, 2.05) is 6.07 Å². The summed E-state index contributed by atoms with van der Waals surface area (Å²) in [6, 6.07) is 1.84. The van der Waals surface area contributed by atoms with Crippen molar-refractivity contribution in [1.29, 1.82) is 0 Å². The molecule has 0 spiro atoms. The zero-order chi connectivity index (χ0) is 18.0. The largest absolute Gasteiger partial charge is 0.427 e. The highest BCUT2D eigenvalue weighted by Crippen LogP contribution is 2.36. The molecule has 6 heteroatoms. The van der Waals surface area contributed by atoms with Gasteiger partial charge in [0.25, 0.3) is 5.91 Å². The average Bonchev–Trinajstić information content (AvgIpc) is 2.93. The molecule has 1 saturated carbocycles. The van der Waals surface area contributed by atoms with Gasteiger partial charge in [-0.2, -0.15) is 0 Å². The molecule has 1 N–H and O–H groups in total. The predicted octanol–water partition coefficient (Wildman–Crippen LogP) is 3.77. The molecule has 1 fully saturated rings. The van der Waals surface area contributed by atoms with Crippen LogP contribution in [0.15, 0.2) is 20.7 Å². The summed E-state index contributed by atoms with van der Waals surface area (Å²) < 4.78 is 5.38. The number of hydrogen-bond acceptors (Lipinski definition) is 5. The van der Waals surface area contributed by atoms with Gasteiger partial charge in [-0.3, -0.25) is 4.79 Å². The van der Waals surface area contributed by atoms with Crippen LogP contribution in [0.5, 0.6) is 0 Å². The maximum Gasteiger partial charge on any atom is 0.349 e. The first-order valence-corrected chi connectivity index (χ1v) is 9.70. The highest BCUT2D eigenvalue weighted by molar-refractivity contribution is 7.09. The van der Waals surface area contributed by atoms with E-state index in [-0.39, 0.29) is 11.5 Å². The summed E-state index contributed by atoms with van der Waals surface area (Å²) in [6.07, 6.45) is 3.94. The minimum absolute atomic E-state index is 0.116. The first-order valence-electron chi connectivity index (χ1n) is 8.83. The van der Waals surface area contributed by atoms with Crippen molar-refractivity contribution in [2.24, 2.45) is 0 Å². The second kappa shape index (κ2) is 7.52. The maximum absolute atomic E-state index is 12.4. The van der Waals surface area contributed by atoms with Crippen molar-refractivity contribution >= 4 is 17.2 Å². The van der Waals surface area contributed by atoms with Crippen molar-refractivity contribution in [3.8, 4) is 0 Å². The van der Waals surface area contributed by atoms with E-state index in [0.29, 0.717) is 36.1 Å². The smallest absolute Gasteiger partial charge is 0.349 e. The van der Waals surface area contributed by atoms with E-state index in [1.54, 1.807) is 18.3 Å². The SMILES string of the molecule is Cc1cc(C2CCC2)oc(=O)c1C(=O)NCCc1nc(C(C)C)cs1. The van der Waals surface area contributed by atoms with Crippen LogP contribution in [-0.4, -0.2) is 17.4 Å². The molecule has 3 rings (SSSR count). The van der Waals surface area contributed by atoms with E-state index in [1.165, 1.54) is 6.42 Å². The van der Waals surface area contributed by atoms with Crippen LogP contribution >= 0.6 is 11.3 Å². The van der Waals surface area contributed by atoms with Gasteiger partial charge < -0.3 is 9.73 Å². The molecule has 2 aromatic heterocycles. The third-order valence-electron chi connectivity index (χ3n) is 4.69. The van der Waals surface area contributed by atoms with Gasteiger partial charge in [-0.1, -0.05) is 20.3 Å². The molecule has 134 valence electrons. The van der Waals surface area contributed by atoms with E-state index in [4.69, 9.17) is 4.42 Å². The summed E-state index contributed by atoms with van der Waals surface area (Å²) >= 11 is 1.60. The second-order valence-electron chi connectivity index (χ2n) is 6.95. The van der Waals surface area contributed by atoms with Crippen molar-refractivity contribution in [3.63, 3.8) is 0 Å². The second-order valence-corrected chi connectivity index (χ2v) is 7.89. The zero-order valence-electron chi connectivity index (χ0n) is 14.9. The lowest BCUT2D eigenvalue weighted by Gasteiger charge is -2.24. The molecule has 0 atom stereocenters. The summed E-state index contributed by atoms with van der Waals surface area (Å²) in [6.45, 7) is 6.46. The Bertz CT molecular complexity index is 818. The molecule has 0 aliphatic heterocycles. The van der Waals surface area contributed by atoms with E-state index in [2.05, 4.69) is 29.5 Å². The molecule has 5 nitrogen and oxygen atoms in total. The molecule has 0 saturated heterocycles. The Labute approximate surface area is 151 Å². The van der Waals surface area contributed by atoms with Gasteiger partial charge >= 0.3 is 5.63 Å². The monoisotopic (exact) mass is 360 g/mol. The fraction of sp³-hybridized carbons (Fsp3) is 0.526. The standard InChI is InChI=1S/C19H24N2O3S/c1-11(2)14-10-25-16(21-14)7-8-20-18(22)17-12(3)9-15(24-19(17)23)13-5-4-6-13/h9-11,13H,4-8H2,1-3H3,(H,20,22). The number of thiazole rings is 1. The Morgan fingerprint density at radius 3 is 2.76 bits per heavy atom. The van der Waals surface area contributed by atoms with Crippen LogP contribution in [0, 0.1) is 6.92 Å². The summed E-state index contributed by atoms with van der Waals surface area (Å²) in [4.78, 5) is 29.1. The third-order valence-corrected chi connectivity index (χ3v) is 5.61. The Morgan fingerprint density at radius 1 is 1.44 bits per heavy atom. The van der Waals surface area contributed by atoms with Crippen molar-refractivity contribution < 1.29 is 9.21 Å². The number of carbonyl (C=O) groups excluding carboxylic acids is 1. The molecule has 2 heterocycles. The van der Waals surface area contributed by atoms with Gasteiger partial charge in [0, 0.05) is 24.3 Å². The van der Waals surface area contributed by atoms with E-state index in [9.17, 15) is 9.59 Å². The highest BCUT2D eigenvalue weighted by atomic mass is 32.1. The Kier molecular flexibility index (Phi) is 5.37. The first kappa shape index (κ1) is 17.9. The summed E-state index contributed by atoms with van der Waals surface area (Å²) in [7, 11) is 0. The number of rotatable bonds is 6. The molecular weight excluding hydrogens is 336 g/mol. The maximum atomic E-state index is 12.4. The molecule has 0 bridgehead atoms. The molecule has 0 unspecified atom stereocenters. The lowest BCUT2D eigenvalue weighted by atomic mass is 9.83. The van der Waals surface area contributed by atoms with E-state index < -0.39 is 5.63 Å². The fourth-order valence-corrected chi connectivity index (χ4v) is 3.84. The topological polar surface area (TPSA) is 72.2 Å². The van der Waals surface area contributed by atoms with Crippen LogP contribution in [0.1, 0.15) is 77.3 Å². The zero-order valence-corrected chi connectivity index (χ0v) is 15.7. The number of aryl methyl sites for hydroxylation is 1. The van der Waals surface area contributed by atoms with E-state index >= 15 is 0 Å². The lowest BCUT2D eigenvalue weighted by molar-refractivity contribution is 0.0948. The van der Waals surface area contributed by atoms with Crippen LogP contribution in [0.4, 0.5) is 0 Å². The summed E-state index contributed by atoms with van der Waals surface area (Å²) in [5, 5.41) is 5.86. The van der Waals surface area contributed by atoms with Gasteiger partial charge in [0.2, 0.25) is 0 Å². The summed E-state index contributed by atoms with van der Waals surface area (Å²) in [5.74, 6) is 1.09. The molecule has 1 aliphatic rings. The number of hydrogen-bond donors (Lipinski definition) is 1. The minimum atomic E-state index is -0.532. The lowest BCUT2D eigenvalue weighted by Crippen LogP contribution is -2.31. The number of nitrogens with one attached hydrogen (secondary N) is 1. The van der Waals surface area contributed by atoms with Crippen molar-refractivity contribution in [2.75, 3.05) is 6.54 Å². The first-order chi connectivity index (χ1) is 12.0. The predicted molar refractivity (Wildman–Crippen MR) is 98.5 cm³/mol. The molecular formula is C19H24N2O3S. The van der Waals surface area contributed by atoms with Crippen molar-refractivity contribution in [1.82, 2.24) is 10.3 Å². The van der Waals surface area contributed by atoms with Crippen LogP contribution in [0.3, 0.4) is 0 Å². The van der Waals surface area contributed by atoms with Gasteiger partial charge in [0.1, 0.15) is 11.3 Å². The fourth-order valence-electron chi connectivity index (χ4n) is 2.88. The van der Waals surface area contributed by atoms with Crippen LogP contribution in [0.2, 0.25) is 0 Å². The molecule has 25 heavy (non-hydrogen) atoms. The molecule has 0 aromatic carbocycles. The quantitative estimate of drug-likeness (QED) is 0.851. The highest BCUT2D eigenvalue weighted by Gasteiger charge is 2.25. The Morgan fingerprint density at radius 2 is 2.20 bits per heavy atom. The van der Waals surface area contributed by atoms with Gasteiger partial charge in [-0.05, 0) is 37.3 Å². The third kappa shape index (κ3) is 4.00. The van der Waals surface area contributed by atoms with Gasteiger partial charge in [-0.25, -0.2) is 9.78 Å². The molecule has 1 amide bonds. The molecule has 0 radical (unpaired) electrons. The van der Waals surface area contributed by atoms with Crippen LogP contribution in [0.25, 0.3) is 0 Å². The van der Waals surface area contributed by atoms with Gasteiger partial charge in [0.05, 0.1) is 10.7 Å². The Hall–Kier alpha value is -1.95. The van der Waals surface area contributed by atoms with E-state index in [0.717, 1.165) is 23.5 Å². The number of amides is 1. The Balaban J connectivity index is 1.61. The van der Waals surface area contributed by atoms with Gasteiger partial charge in [-0.15, -0.1) is 11.3 Å². The van der Waals surface area contributed by atoms with Crippen molar-refractivity contribution in [3.05, 3.63) is 49.5 Å². The summed E-state index contributed by atoms with van der Waals surface area (Å²) in [5.41, 5.74) is 1.35. The normalized spacial score (nSPS) is 14.6. The number of carbonyl (C=O) groups is 1. The van der Waals surface area contributed by atoms with Crippen LogP contribution in [-0.2, 0) is 6.42 Å². The number of aromatic nitrogens is 1. The minimum Gasteiger partial charge on any atom is -0.427 e. The molecule has 2 aromatic rings. The average molecular weight is 360 g/mol.